The summed E-state index contributed by atoms with van der Waals surface area (Å²) in [4.78, 5) is 22.9. The highest BCUT2D eigenvalue weighted by molar-refractivity contribution is 5.74. The molecule has 0 aromatic heterocycles. The first-order chi connectivity index (χ1) is 9.71. The number of nitrogens with one attached hydrogen (secondary N) is 1. The van der Waals surface area contributed by atoms with Gasteiger partial charge in [0.2, 0.25) is 0 Å². The average molecular weight is 293 g/mol. The Kier molecular flexibility index (Phi) is 5.76. The lowest BCUT2D eigenvalue weighted by Crippen LogP contribution is -2.35. The first-order valence-corrected chi connectivity index (χ1v) is 6.92. The van der Waals surface area contributed by atoms with Crippen LogP contribution in [0.1, 0.15) is 46.2 Å². The fourth-order valence-electron chi connectivity index (χ4n) is 1.66. The molecule has 1 N–H and O–H groups in total. The number of carbonyl (C=O) groups excluding carboxylic acids is 2. The molecule has 21 heavy (non-hydrogen) atoms. The molecule has 1 amide bonds. The fourth-order valence-corrected chi connectivity index (χ4v) is 1.66. The Bertz CT molecular complexity index is 474. The number of ether oxygens (including phenoxy) is 2. The van der Waals surface area contributed by atoms with Gasteiger partial charge in [-0.3, -0.25) is 0 Å². The highest BCUT2D eigenvalue weighted by atomic mass is 16.6. The number of alkyl carbamates (subject to hydrolysis) is 1. The van der Waals surface area contributed by atoms with Gasteiger partial charge in [0, 0.05) is 0 Å². The summed E-state index contributed by atoms with van der Waals surface area (Å²) in [6.45, 7) is 9.17. The van der Waals surface area contributed by atoms with Crippen LogP contribution in [0, 0.1) is 0 Å². The lowest BCUT2D eigenvalue weighted by atomic mass is 10.1. The van der Waals surface area contributed by atoms with Crippen LogP contribution >= 0.6 is 0 Å². The van der Waals surface area contributed by atoms with Crippen LogP contribution in [0.25, 0.3) is 0 Å². The van der Waals surface area contributed by atoms with E-state index in [2.05, 4.69) is 5.32 Å². The molecule has 1 unspecified atom stereocenters. The predicted octanol–water partition coefficient (Wildman–Crippen LogP) is 3.24. The van der Waals surface area contributed by atoms with Gasteiger partial charge in [-0.05, 0) is 52.3 Å². The van der Waals surface area contributed by atoms with Gasteiger partial charge in [0.05, 0.1) is 6.10 Å². The zero-order valence-electron chi connectivity index (χ0n) is 13.2. The van der Waals surface area contributed by atoms with Gasteiger partial charge < -0.3 is 19.6 Å². The Morgan fingerprint density at radius 2 is 1.76 bits per heavy atom. The maximum atomic E-state index is 11.7. The van der Waals surface area contributed by atoms with Crippen LogP contribution in [-0.4, -0.2) is 24.1 Å². The van der Waals surface area contributed by atoms with Crippen molar-refractivity contribution in [2.75, 3.05) is 0 Å². The number of hydrogen-bond acceptors (Lipinski definition) is 4. The molecule has 0 radical (unpaired) electrons. The van der Waals surface area contributed by atoms with Gasteiger partial charge in [-0.15, -0.1) is 0 Å². The molecule has 0 aliphatic heterocycles. The lowest BCUT2D eigenvalue weighted by molar-refractivity contribution is -0.109. The van der Waals surface area contributed by atoms with Gasteiger partial charge in [0.1, 0.15) is 23.7 Å². The SMILES string of the molecule is CC(C)Oc1ccc(C(C=O)NC(=O)OC(C)(C)C)cc1. The molecular weight excluding hydrogens is 270 g/mol. The van der Waals surface area contributed by atoms with Crippen LogP contribution in [0.4, 0.5) is 4.79 Å². The van der Waals surface area contributed by atoms with Crippen molar-refractivity contribution < 1.29 is 19.1 Å². The van der Waals surface area contributed by atoms with E-state index in [0.717, 1.165) is 5.75 Å². The third kappa shape index (κ3) is 6.29. The first-order valence-electron chi connectivity index (χ1n) is 6.92. The molecule has 0 aliphatic rings. The molecule has 1 atom stereocenters. The van der Waals surface area contributed by atoms with Crippen molar-refractivity contribution in [2.45, 2.75) is 52.4 Å². The molecule has 5 heteroatoms. The zero-order valence-corrected chi connectivity index (χ0v) is 13.2. The van der Waals surface area contributed by atoms with Crippen molar-refractivity contribution in [2.24, 2.45) is 0 Å². The molecule has 0 heterocycles. The van der Waals surface area contributed by atoms with Gasteiger partial charge in [-0.2, -0.15) is 0 Å². The molecular formula is C16H23NO4. The molecule has 116 valence electrons. The quantitative estimate of drug-likeness (QED) is 0.846. The lowest BCUT2D eigenvalue weighted by Gasteiger charge is -2.21. The summed E-state index contributed by atoms with van der Waals surface area (Å²) in [5.74, 6) is 0.718. The molecule has 0 spiro atoms. The van der Waals surface area contributed by atoms with E-state index in [4.69, 9.17) is 9.47 Å². The van der Waals surface area contributed by atoms with Crippen LogP contribution in [0.3, 0.4) is 0 Å². The standard InChI is InChI=1S/C16H23NO4/c1-11(2)20-13-8-6-12(7-9-13)14(10-18)17-15(19)21-16(3,4)5/h6-11,14H,1-5H3,(H,17,19). The molecule has 1 rings (SSSR count). The zero-order chi connectivity index (χ0) is 16.0. The maximum absolute atomic E-state index is 11.7. The van der Waals surface area contributed by atoms with E-state index in [1.54, 1.807) is 45.0 Å². The Hall–Kier alpha value is -2.04. The van der Waals surface area contributed by atoms with Gasteiger partial charge >= 0.3 is 6.09 Å². The minimum absolute atomic E-state index is 0.0811. The molecule has 1 aromatic rings. The van der Waals surface area contributed by atoms with Crippen LogP contribution in [0.2, 0.25) is 0 Å². The number of carbonyl (C=O) groups is 2. The summed E-state index contributed by atoms with van der Waals surface area (Å²) in [5.41, 5.74) is 0.0684. The third-order valence-electron chi connectivity index (χ3n) is 2.42. The number of aldehydes is 1. The van der Waals surface area contributed by atoms with E-state index in [0.29, 0.717) is 11.8 Å². The Morgan fingerprint density at radius 1 is 1.19 bits per heavy atom. The van der Waals surface area contributed by atoms with Crippen molar-refractivity contribution in [1.29, 1.82) is 0 Å². The van der Waals surface area contributed by atoms with E-state index in [1.165, 1.54) is 0 Å². The summed E-state index contributed by atoms with van der Waals surface area (Å²) in [6.07, 6.45) is 0.127. The second-order valence-corrected chi connectivity index (χ2v) is 6.00. The van der Waals surface area contributed by atoms with Gasteiger partial charge in [-0.25, -0.2) is 4.79 Å². The third-order valence-corrected chi connectivity index (χ3v) is 2.42. The first kappa shape index (κ1) is 17.0. The van der Waals surface area contributed by atoms with Crippen molar-refractivity contribution >= 4 is 12.4 Å². The molecule has 0 saturated heterocycles. The van der Waals surface area contributed by atoms with Crippen molar-refractivity contribution in [3.05, 3.63) is 29.8 Å². The van der Waals surface area contributed by atoms with Gasteiger partial charge in [-0.1, -0.05) is 12.1 Å². The summed E-state index contributed by atoms with van der Waals surface area (Å²) in [7, 11) is 0. The van der Waals surface area contributed by atoms with Crippen LogP contribution in [-0.2, 0) is 9.53 Å². The highest BCUT2D eigenvalue weighted by Crippen LogP contribution is 2.18. The van der Waals surface area contributed by atoms with E-state index in [1.807, 2.05) is 13.8 Å². The Morgan fingerprint density at radius 3 is 2.19 bits per heavy atom. The predicted molar refractivity (Wildman–Crippen MR) is 80.4 cm³/mol. The Labute approximate surface area is 125 Å². The smallest absolute Gasteiger partial charge is 0.408 e. The maximum Gasteiger partial charge on any atom is 0.408 e. The van der Waals surface area contributed by atoms with Crippen molar-refractivity contribution in [1.82, 2.24) is 5.32 Å². The summed E-state index contributed by atoms with van der Waals surface area (Å²) >= 11 is 0. The topological polar surface area (TPSA) is 64.6 Å². The molecule has 0 fully saturated rings. The van der Waals surface area contributed by atoms with Gasteiger partial charge in [0.25, 0.3) is 0 Å². The second-order valence-electron chi connectivity index (χ2n) is 6.00. The van der Waals surface area contributed by atoms with E-state index in [9.17, 15) is 9.59 Å². The van der Waals surface area contributed by atoms with Crippen molar-refractivity contribution in [3.63, 3.8) is 0 Å². The summed E-state index contributed by atoms with van der Waals surface area (Å²) in [5, 5.41) is 2.53. The van der Waals surface area contributed by atoms with Crippen molar-refractivity contribution in [3.8, 4) is 5.75 Å². The number of rotatable bonds is 5. The average Bonchev–Trinajstić information content (AvgIpc) is 2.34. The fraction of sp³-hybridized carbons (Fsp3) is 0.500. The molecule has 0 bridgehead atoms. The number of amides is 1. The molecule has 1 aromatic carbocycles. The minimum Gasteiger partial charge on any atom is -0.491 e. The molecule has 0 aliphatic carbocycles. The minimum atomic E-state index is -0.743. The number of hydrogen-bond donors (Lipinski definition) is 1. The second kappa shape index (κ2) is 7.11. The summed E-state index contributed by atoms with van der Waals surface area (Å²) in [6, 6.07) is 6.28. The van der Waals surface area contributed by atoms with Crippen LogP contribution < -0.4 is 10.1 Å². The normalized spacial score (nSPS) is 12.7. The monoisotopic (exact) mass is 293 g/mol. The summed E-state index contributed by atoms with van der Waals surface area (Å²) < 4.78 is 10.7. The van der Waals surface area contributed by atoms with E-state index >= 15 is 0 Å². The Balaban J connectivity index is 2.72. The largest absolute Gasteiger partial charge is 0.491 e. The highest BCUT2D eigenvalue weighted by Gasteiger charge is 2.20. The van der Waals surface area contributed by atoms with Gasteiger partial charge in [0.15, 0.2) is 0 Å². The van der Waals surface area contributed by atoms with Crippen LogP contribution in [0.5, 0.6) is 5.75 Å². The molecule has 5 nitrogen and oxygen atoms in total. The van der Waals surface area contributed by atoms with Crippen LogP contribution in [0.15, 0.2) is 24.3 Å². The number of benzene rings is 1. The van der Waals surface area contributed by atoms with E-state index < -0.39 is 17.7 Å². The van der Waals surface area contributed by atoms with E-state index in [-0.39, 0.29) is 6.10 Å². The molecule has 0 saturated carbocycles.